The molecular weight excluding hydrogens is 196 g/mol. The Morgan fingerprint density at radius 2 is 2.29 bits per heavy atom. The van der Waals surface area contributed by atoms with E-state index in [4.69, 9.17) is 0 Å². The van der Waals surface area contributed by atoms with E-state index in [-0.39, 0.29) is 11.8 Å². The standard InChI is InChI=1S/C10H14N2OS/c1-7(2)10(13)12-11-6-9-5-4-8(3)14-9/h4-7H,1-3H3,(H,12,13). The highest BCUT2D eigenvalue weighted by Crippen LogP contribution is 2.12. The molecule has 1 rings (SSSR count). The predicted octanol–water partition coefficient (Wildman–Crippen LogP) is 2.16. The van der Waals surface area contributed by atoms with Gasteiger partial charge in [0.15, 0.2) is 0 Å². The third kappa shape index (κ3) is 3.30. The Bertz CT molecular complexity index is 342. The molecule has 14 heavy (non-hydrogen) atoms. The van der Waals surface area contributed by atoms with Gasteiger partial charge in [-0.2, -0.15) is 5.10 Å². The summed E-state index contributed by atoms with van der Waals surface area (Å²) in [6.07, 6.45) is 1.66. The molecule has 0 saturated carbocycles. The lowest BCUT2D eigenvalue weighted by Crippen LogP contribution is -2.22. The number of hydrogen-bond donors (Lipinski definition) is 1. The molecule has 0 aliphatic carbocycles. The second-order valence-corrected chi connectivity index (χ2v) is 4.66. The van der Waals surface area contributed by atoms with Crippen LogP contribution in [-0.2, 0) is 4.79 Å². The summed E-state index contributed by atoms with van der Waals surface area (Å²) < 4.78 is 0. The van der Waals surface area contributed by atoms with Crippen LogP contribution in [0.3, 0.4) is 0 Å². The van der Waals surface area contributed by atoms with Gasteiger partial charge in [-0.05, 0) is 19.1 Å². The Morgan fingerprint density at radius 3 is 2.79 bits per heavy atom. The van der Waals surface area contributed by atoms with Gasteiger partial charge in [-0.25, -0.2) is 5.43 Å². The van der Waals surface area contributed by atoms with E-state index in [0.29, 0.717) is 0 Å². The molecule has 0 aliphatic rings. The topological polar surface area (TPSA) is 41.5 Å². The summed E-state index contributed by atoms with van der Waals surface area (Å²) in [6.45, 7) is 5.70. The Balaban J connectivity index is 2.45. The van der Waals surface area contributed by atoms with Crippen molar-refractivity contribution in [2.45, 2.75) is 20.8 Å². The quantitative estimate of drug-likeness (QED) is 0.603. The molecule has 3 nitrogen and oxygen atoms in total. The van der Waals surface area contributed by atoms with Crippen LogP contribution in [-0.4, -0.2) is 12.1 Å². The van der Waals surface area contributed by atoms with Crippen LogP contribution in [0.5, 0.6) is 0 Å². The molecule has 1 amide bonds. The van der Waals surface area contributed by atoms with Crippen LogP contribution >= 0.6 is 11.3 Å². The van der Waals surface area contributed by atoms with Crippen LogP contribution in [0.15, 0.2) is 17.2 Å². The fourth-order valence-electron chi connectivity index (χ4n) is 0.811. The van der Waals surface area contributed by atoms with Gasteiger partial charge in [0.05, 0.1) is 6.21 Å². The molecule has 1 aromatic rings. The molecule has 0 bridgehead atoms. The molecule has 76 valence electrons. The lowest BCUT2D eigenvalue weighted by atomic mass is 10.2. The van der Waals surface area contributed by atoms with Crippen LogP contribution in [0.1, 0.15) is 23.6 Å². The number of rotatable bonds is 3. The fourth-order valence-corrected chi connectivity index (χ4v) is 1.56. The summed E-state index contributed by atoms with van der Waals surface area (Å²) in [6, 6.07) is 4.00. The average Bonchev–Trinajstić information content (AvgIpc) is 2.51. The van der Waals surface area contributed by atoms with E-state index in [1.807, 2.05) is 32.9 Å². The molecule has 0 saturated heterocycles. The van der Waals surface area contributed by atoms with Crippen LogP contribution in [0.4, 0.5) is 0 Å². The number of nitrogens with one attached hydrogen (secondary N) is 1. The number of carbonyl (C=O) groups excluding carboxylic acids is 1. The van der Waals surface area contributed by atoms with Gasteiger partial charge >= 0.3 is 0 Å². The molecule has 1 aromatic heterocycles. The van der Waals surface area contributed by atoms with E-state index in [9.17, 15) is 4.79 Å². The van der Waals surface area contributed by atoms with Gasteiger partial charge in [0, 0.05) is 15.7 Å². The largest absolute Gasteiger partial charge is 0.273 e. The SMILES string of the molecule is Cc1ccc(C=NNC(=O)C(C)C)s1. The Hall–Kier alpha value is -1.16. The highest BCUT2D eigenvalue weighted by Gasteiger charge is 2.03. The van der Waals surface area contributed by atoms with Gasteiger partial charge in [-0.3, -0.25) is 4.79 Å². The van der Waals surface area contributed by atoms with Crippen LogP contribution in [0, 0.1) is 12.8 Å². The minimum absolute atomic E-state index is 0.0304. The molecule has 0 aliphatic heterocycles. The van der Waals surface area contributed by atoms with Crippen molar-refractivity contribution in [1.82, 2.24) is 5.43 Å². The van der Waals surface area contributed by atoms with Crippen molar-refractivity contribution in [3.8, 4) is 0 Å². The van der Waals surface area contributed by atoms with Gasteiger partial charge in [-0.1, -0.05) is 13.8 Å². The fraction of sp³-hybridized carbons (Fsp3) is 0.400. The second-order valence-electron chi connectivity index (χ2n) is 3.34. The number of carbonyl (C=O) groups is 1. The number of nitrogens with zero attached hydrogens (tertiary/aromatic N) is 1. The van der Waals surface area contributed by atoms with Gasteiger partial charge in [0.25, 0.3) is 0 Å². The number of hydrogen-bond acceptors (Lipinski definition) is 3. The van der Waals surface area contributed by atoms with Crippen LogP contribution in [0.25, 0.3) is 0 Å². The first kappa shape index (κ1) is 10.9. The summed E-state index contributed by atoms with van der Waals surface area (Å²) in [7, 11) is 0. The molecule has 1 heterocycles. The molecule has 0 unspecified atom stereocenters. The maximum absolute atomic E-state index is 11.1. The van der Waals surface area contributed by atoms with Crippen LogP contribution < -0.4 is 5.43 Å². The zero-order valence-electron chi connectivity index (χ0n) is 8.57. The Morgan fingerprint density at radius 1 is 1.57 bits per heavy atom. The van der Waals surface area contributed by atoms with Crippen molar-refractivity contribution in [1.29, 1.82) is 0 Å². The van der Waals surface area contributed by atoms with Crippen molar-refractivity contribution < 1.29 is 4.79 Å². The predicted molar refractivity (Wildman–Crippen MR) is 59.6 cm³/mol. The first-order valence-electron chi connectivity index (χ1n) is 4.49. The van der Waals surface area contributed by atoms with E-state index in [1.165, 1.54) is 4.88 Å². The monoisotopic (exact) mass is 210 g/mol. The highest BCUT2D eigenvalue weighted by molar-refractivity contribution is 7.13. The lowest BCUT2D eigenvalue weighted by molar-refractivity contribution is -0.123. The Kier molecular flexibility index (Phi) is 3.83. The number of amides is 1. The first-order valence-corrected chi connectivity index (χ1v) is 5.30. The number of thiophene rings is 1. The van der Waals surface area contributed by atoms with E-state index >= 15 is 0 Å². The normalized spacial score (nSPS) is 11.1. The van der Waals surface area contributed by atoms with Gasteiger partial charge in [-0.15, -0.1) is 11.3 Å². The molecular formula is C10H14N2OS. The first-order chi connectivity index (χ1) is 6.59. The second kappa shape index (κ2) is 4.91. The smallest absolute Gasteiger partial charge is 0.242 e. The molecule has 0 fully saturated rings. The summed E-state index contributed by atoms with van der Waals surface area (Å²) in [5.41, 5.74) is 2.48. The molecule has 0 radical (unpaired) electrons. The van der Waals surface area contributed by atoms with E-state index in [2.05, 4.69) is 10.5 Å². The van der Waals surface area contributed by atoms with Gasteiger partial charge in [0.2, 0.25) is 5.91 Å². The van der Waals surface area contributed by atoms with Gasteiger partial charge in [0.1, 0.15) is 0 Å². The number of hydrazone groups is 1. The minimum atomic E-state index is -0.0606. The van der Waals surface area contributed by atoms with E-state index < -0.39 is 0 Å². The maximum atomic E-state index is 11.1. The van der Waals surface area contributed by atoms with E-state index in [1.54, 1.807) is 17.6 Å². The third-order valence-corrected chi connectivity index (χ3v) is 2.59. The van der Waals surface area contributed by atoms with Crippen molar-refractivity contribution in [3.05, 3.63) is 21.9 Å². The van der Waals surface area contributed by atoms with Crippen molar-refractivity contribution in [2.75, 3.05) is 0 Å². The minimum Gasteiger partial charge on any atom is -0.273 e. The molecule has 0 aromatic carbocycles. The van der Waals surface area contributed by atoms with Crippen molar-refractivity contribution in [2.24, 2.45) is 11.0 Å². The number of aryl methyl sites for hydroxylation is 1. The zero-order chi connectivity index (χ0) is 10.6. The van der Waals surface area contributed by atoms with Crippen LogP contribution in [0.2, 0.25) is 0 Å². The summed E-state index contributed by atoms with van der Waals surface area (Å²) in [5.74, 6) is -0.0910. The zero-order valence-corrected chi connectivity index (χ0v) is 9.39. The molecule has 1 N–H and O–H groups in total. The summed E-state index contributed by atoms with van der Waals surface area (Å²) >= 11 is 1.65. The molecule has 0 spiro atoms. The average molecular weight is 210 g/mol. The summed E-state index contributed by atoms with van der Waals surface area (Å²) in [4.78, 5) is 13.4. The molecule has 0 atom stereocenters. The van der Waals surface area contributed by atoms with E-state index in [0.717, 1.165) is 4.88 Å². The Labute approximate surface area is 87.8 Å². The van der Waals surface area contributed by atoms with Crippen molar-refractivity contribution in [3.63, 3.8) is 0 Å². The highest BCUT2D eigenvalue weighted by atomic mass is 32.1. The molecule has 4 heteroatoms. The van der Waals surface area contributed by atoms with Gasteiger partial charge < -0.3 is 0 Å². The maximum Gasteiger partial charge on any atom is 0.242 e. The summed E-state index contributed by atoms with van der Waals surface area (Å²) in [5, 5.41) is 3.86. The lowest BCUT2D eigenvalue weighted by Gasteiger charge is -2.00. The van der Waals surface area contributed by atoms with Crippen molar-refractivity contribution >= 4 is 23.5 Å². The third-order valence-electron chi connectivity index (χ3n) is 1.65.